The van der Waals surface area contributed by atoms with Crippen molar-refractivity contribution in [1.82, 2.24) is 5.32 Å². The van der Waals surface area contributed by atoms with Crippen molar-refractivity contribution in [3.8, 4) is 23.0 Å². The van der Waals surface area contributed by atoms with Crippen molar-refractivity contribution in [3.63, 3.8) is 0 Å². The van der Waals surface area contributed by atoms with Crippen molar-refractivity contribution in [2.24, 2.45) is 0 Å². The van der Waals surface area contributed by atoms with Gasteiger partial charge in [-0.1, -0.05) is 44.7 Å². The van der Waals surface area contributed by atoms with E-state index in [0.717, 1.165) is 12.8 Å². The van der Waals surface area contributed by atoms with E-state index in [1.807, 2.05) is 0 Å². The second-order valence-electron chi connectivity index (χ2n) is 11.9. The van der Waals surface area contributed by atoms with Crippen molar-refractivity contribution in [2.45, 2.75) is 57.9 Å². The highest BCUT2D eigenvalue weighted by Gasteiger charge is 2.22. The summed E-state index contributed by atoms with van der Waals surface area (Å²) in [6.45, 7) is 2.81. The molecule has 0 aliphatic heterocycles. The highest BCUT2D eigenvalue weighted by Crippen LogP contribution is 2.25. The molecule has 0 unspecified atom stereocenters. The van der Waals surface area contributed by atoms with Gasteiger partial charge in [0.2, 0.25) is 5.91 Å². The molecule has 0 fully saturated rings. The Kier molecular flexibility index (Phi) is 14.4. The predicted molar refractivity (Wildman–Crippen MR) is 193 cm³/mol. The Bertz CT molecular complexity index is 1750. The maximum atomic E-state index is 12.9. The summed E-state index contributed by atoms with van der Waals surface area (Å²) in [5.74, 6) is -0.498. The first-order valence-electron chi connectivity index (χ1n) is 16.9. The fraction of sp³-hybridized carbons (Fsp3) is 0.300. The zero-order valence-corrected chi connectivity index (χ0v) is 29.1. The monoisotopic (exact) mass is 696 g/mol. The number of rotatable bonds is 19. The van der Waals surface area contributed by atoms with E-state index in [9.17, 15) is 24.3 Å². The van der Waals surface area contributed by atoms with Crippen LogP contribution in [-0.2, 0) is 22.4 Å². The lowest BCUT2D eigenvalue weighted by Crippen LogP contribution is -2.42. The second-order valence-corrected chi connectivity index (χ2v) is 11.9. The number of carboxylic acid groups (broad SMARTS) is 1. The largest absolute Gasteiger partial charge is 0.497 e. The molecule has 0 saturated heterocycles. The van der Waals surface area contributed by atoms with E-state index in [4.69, 9.17) is 18.9 Å². The van der Waals surface area contributed by atoms with Gasteiger partial charge in [0, 0.05) is 23.2 Å². The van der Waals surface area contributed by atoms with Crippen LogP contribution in [0.3, 0.4) is 0 Å². The molecule has 4 aromatic rings. The maximum Gasteiger partial charge on any atom is 0.343 e. The van der Waals surface area contributed by atoms with Crippen LogP contribution >= 0.6 is 0 Å². The number of carbonyl (C=O) groups excluding carboxylic acids is 3. The predicted octanol–water partition coefficient (Wildman–Crippen LogP) is 6.88. The summed E-state index contributed by atoms with van der Waals surface area (Å²) in [5.41, 5.74) is 2.31. The first kappa shape index (κ1) is 38.0. The summed E-state index contributed by atoms with van der Waals surface area (Å²) in [6.07, 6.45) is 5.78. The van der Waals surface area contributed by atoms with Gasteiger partial charge in [-0.05, 0) is 90.8 Å². The van der Waals surface area contributed by atoms with Crippen LogP contribution in [0.5, 0.6) is 23.0 Å². The van der Waals surface area contributed by atoms with E-state index in [-0.39, 0.29) is 24.3 Å². The lowest BCUT2D eigenvalue weighted by Gasteiger charge is -2.15. The molecule has 51 heavy (non-hydrogen) atoms. The Morgan fingerprint density at radius 1 is 0.725 bits per heavy atom. The molecule has 0 saturated carbocycles. The molecule has 1 atom stereocenters. The minimum Gasteiger partial charge on any atom is -0.497 e. The van der Waals surface area contributed by atoms with Crippen LogP contribution in [0.25, 0.3) is 0 Å². The summed E-state index contributed by atoms with van der Waals surface area (Å²) in [5, 5.41) is 15.1. The third-order valence-corrected chi connectivity index (χ3v) is 8.05. The molecule has 2 amide bonds. The van der Waals surface area contributed by atoms with Crippen LogP contribution in [0.2, 0.25) is 0 Å². The molecular weight excluding hydrogens is 652 g/mol. The van der Waals surface area contributed by atoms with Crippen LogP contribution in [0.15, 0.2) is 91.0 Å². The number of hydrogen-bond acceptors (Lipinski definition) is 8. The number of nitrogens with one attached hydrogen (secondary N) is 2. The number of ether oxygens (including phenoxy) is 4. The van der Waals surface area contributed by atoms with Crippen LogP contribution in [0.1, 0.15) is 70.9 Å². The van der Waals surface area contributed by atoms with Crippen molar-refractivity contribution in [1.29, 1.82) is 0 Å². The molecule has 0 spiro atoms. The zero-order valence-electron chi connectivity index (χ0n) is 29.1. The SMILES string of the molecule is CCCCCCCOc1ccc(C(=O)Oc2ccc(C[C@H](NC(=O)c3ccc(NC(=O)Cc4cc(OC)ccc4OC)cc3)C(=O)O)cc2)cc1. The molecular formula is C40H44N2O9. The van der Waals surface area contributed by atoms with Crippen molar-refractivity contribution in [3.05, 3.63) is 113 Å². The number of methoxy groups -OCH3 is 2. The highest BCUT2D eigenvalue weighted by molar-refractivity contribution is 5.98. The first-order valence-corrected chi connectivity index (χ1v) is 16.9. The Hall–Kier alpha value is -5.84. The number of unbranched alkanes of at least 4 members (excludes halogenated alkanes) is 4. The van der Waals surface area contributed by atoms with E-state index in [1.165, 1.54) is 45.6 Å². The molecule has 0 aliphatic rings. The smallest absolute Gasteiger partial charge is 0.343 e. The van der Waals surface area contributed by atoms with Crippen LogP contribution < -0.4 is 29.6 Å². The first-order chi connectivity index (χ1) is 24.7. The molecule has 0 bridgehead atoms. The van der Waals surface area contributed by atoms with Gasteiger partial charge in [-0.25, -0.2) is 9.59 Å². The lowest BCUT2D eigenvalue weighted by atomic mass is 10.0. The maximum absolute atomic E-state index is 12.9. The summed E-state index contributed by atoms with van der Waals surface area (Å²) >= 11 is 0. The number of benzene rings is 4. The van der Waals surface area contributed by atoms with Gasteiger partial charge in [0.15, 0.2) is 0 Å². The number of carbonyl (C=O) groups is 4. The van der Waals surface area contributed by atoms with Crippen LogP contribution in [0, 0.1) is 0 Å². The summed E-state index contributed by atoms with van der Waals surface area (Å²) in [6, 6.07) is 23.3. The summed E-state index contributed by atoms with van der Waals surface area (Å²) in [7, 11) is 3.06. The average Bonchev–Trinajstić information content (AvgIpc) is 3.13. The molecule has 0 heterocycles. The van der Waals surface area contributed by atoms with E-state index in [0.29, 0.717) is 52.0 Å². The molecule has 4 rings (SSSR count). The number of esters is 1. The summed E-state index contributed by atoms with van der Waals surface area (Å²) < 4.78 is 21.8. The van der Waals surface area contributed by atoms with Gasteiger partial charge >= 0.3 is 11.9 Å². The molecule has 0 radical (unpaired) electrons. The molecule has 3 N–H and O–H groups in total. The fourth-order valence-corrected chi connectivity index (χ4v) is 5.22. The zero-order chi connectivity index (χ0) is 36.6. The number of anilines is 1. The number of amides is 2. The van der Waals surface area contributed by atoms with Gasteiger partial charge in [-0.3, -0.25) is 9.59 Å². The Morgan fingerprint density at radius 2 is 1.37 bits per heavy atom. The van der Waals surface area contributed by atoms with Gasteiger partial charge in [-0.15, -0.1) is 0 Å². The highest BCUT2D eigenvalue weighted by atomic mass is 16.5. The minimum atomic E-state index is -1.22. The van der Waals surface area contributed by atoms with Crippen LogP contribution in [-0.4, -0.2) is 55.7 Å². The standard InChI is InChI=1S/C40H44N2O9/c1-4-5-6-7-8-23-50-32-19-13-29(14-20-32)40(47)51-33-17-9-27(10-18-33)24-35(39(45)46)42-38(44)28-11-15-31(16-12-28)41-37(43)26-30-25-34(48-2)21-22-36(30)49-3/h9-22,25,35H,4-8,23-24,26H2,1-3H3,(H,41,43)(H,42,44)(H,45,46)/t35-/m0/s1. The number of hydrogen-bond donors (Lipinski definition) is 3. The molecule has 11 nitrogen and oxygen atoms in total. The molecule has 0 aliphatic carbocycles. The van der Waals surface area contributed by atoms with Crippen molar-refractivity contribution < 1.29 is 43.2 Å². The minimum absolute atomic E-state index is 0.00274. The van der Waals surface area contributed by atoms with Crippen LogP contribution in [0.4, 0.5) is 5.69 Å². The molecule has 11 heteroatoms. The Morgan fingerprint density at radius 3 is 2.02 bits per heavy atom. The van der Waals surface area contributed by atoms with E-state index in [2.05, 4.69) is 17.6 Å². The topological polar surface area (TPSA) is 149 Å². The van der Waals surface area contributed by atoms with Gasteiger partial charge in [0.25, 0.3) is 5.91 Å². The average molecular weight is 697 g/mol. The lowest BCUT2D eigenvalue weighted by molar-refractivity contribution is -0.139. The molecule has 0 aromatic heterocycles. The fourth-order valence-electron chi connectivity index (χ4n) is 5.22. The third-order valence-electron chi connectivity index (χ3n) is 8.05. The normalized spacial score (nSPS) is 11.2. The van der Waals surface area contributed by atoms with Crippen molar-refractivity contribution >= 4 is 29.4 Å². The van der Waals surface area contributed by atoms with E-state index in [1.54, 1.807) is 78.9 Å². The third kappa shape index (κ3) is 11.9. The molecule has 268 valence electrons. The number of aliphatic carboxylic acids is 1. The summed E-state index contributed by atoms with van der Waals surface area (Å²) in [4.78, 5) is 50.3. The Labute approximate surface area is 297 Å². The number of carboxylic acids is 1. The molecule has 4 aromatic carbocycles. The van der Waals surface area contributed by atoms with Gasteiger partial charge in [-0.2, -0.15) is 0 Å². The second kappa shape index (κ2) is 19.4. The van der Waals surface area contributed by atoms with E-state index < -0.39 is 23.9 Å². The van der Waals surface area contributed by atoms with Gasteiger partial charge in [0.1, 0.15) is 29.0 Å². The van der Waals surface area contributed by atoms with Crippen molar-refractivity contribution in [2.75, 3.05) is 26.1 Å². The van der Waals surface area contributed by atoms with Gasteiger partial charge in [0.05, 0.1) is 32.8 Å². The van der Waals surface area contributed by atoms with Gasteiger partial charge < -0.3 is 34.7 Å². The van der Waals surface area contributed by atoms with E-state index >= 15 is 0 Å². The Balaban J connectivity index is 1.26. The quantitative estimate of drug-likeness (QED) is 0.0542.